The summed E-state index contributed by atoms with van der Waals surface area (Å²) in [6.07, 6.45) is 2.35. The molecule has 0 bridgehead atoms. The molecule has 84 valence electrons. The molecule has 2 saturated carbocycles. The first kappa shape index (κ1) is 10.5. The molecule has 0 saturated heterocycles. The maximum absolute atomic E-state index is 10.6. The second-order valence-electron chi connectivity index (χ2n) is 5.24. The molecule has 3 atom stereocenters. The van der Waals surface area contributed by atoms with Crippen LogP contribution in [0.2, 0.25) is 0 Å². The highest BCUT2D eigenvalue weighted by Gasteiger charge is 2.63. The molecule has 0 aliphatic heterocycles. The Hall–Kier alpha value is -1.06. The second-order valence-corrected chi connectivity index (χ2v) is 5.24. The highest BCUT2D eigenvalue weighted by atomic mass is 16.2. The third-order valence-corrected chi connectivity index (χ3v) is 4.28. The Labute approximate surface area is 90.3 Å². The first-order valence-electron chi connectivity index (χ1n) is 5.59. The van der Waals surface area contributed by atoms with Crippen molar-refractivity contribution in [3.63, 3.8) is 0 Å². The topological polar surface area (TPSA) is 67.5 Å². The third kappa shape index (κ3) is 1.52. The molecule has 3 N–H and O–H groups in total. The van der Waals surface area contributed by atoms with Crippen molar-refractivity contribution in [1.82, 2.24) is 5.43 Å². The molecule has 0 aromatic carbocycles. The van der Waals surface area contributed by atoms with Gasteiger partial charge in [0, 0.05) is 5.71 Å². The van der Waals surface area contributed by atoms with Gasteiger partial charge in [0.2, 0.25) is 0 Å². The predicted molar refractivity (Wildman–Crippen MR) is 59.3 cm³/mol. The minimum absolute atomic E-state index is 0.470. The number of nitrogens with zero attached hydrogens (tertiary/aromatic N) is 1. The first-order chi connectivity index (χ1) is 6.97. The maximum atomic E-state index is 10.6. The van der Waals surface area contributed by atoms with Crippen LogP contribution in [0.25, 0.3) is 0 Å². The van der Waals surface area contributed by atoms with Crippen LogP contribution in [0.3, 0.4) is 0 Å². The summed E-state index contributed by atoms with van der Waals surface area (Å²) in [5.74, 6) is 1.97. The van der Waals surface area contributed by atoms with Crippen LogP contribution in [0.5, 0.6) is 0 Å². The molecule has 0 aromatic heterocycles. The fourth-order valence-corrected chi connectivity index (χ4v) is 3.10. The Bertz CT molecular complexity index is 324. The molecule has 2 amide bonds. The molecule has 0 aromatic rings. The molecule has 0 heterocycles. The second kappa shape index (κ2) is 3.22. The minimum Gasteiger partial charge on any atom is -0.350 e. The van der Waals surface area contributed by atoms with Crippen LogP contribution in [-0.2, 0) is 0 Å². The normalized spacial score (nSPS) is 40.7. The number of urea groups is 1. The average molecular weight is 209 g/mol. The van der Waals surface area contributed by atoms with E-state index in [0.717, 1.165) is 18.1 Å². The van der Waals surface area contributed by atoms with Gasteiger partial charge in [-0.05, 0) is 36.0 Å². The van der Waals surface area contributed by atoms with Crippen molar-refractivity contribution in [3.8, 4) is 0 Å². The zero-order valence-electron chi connectivity index (χ0n) is 9.58. The standard InChI is InChI=1S/C11H19N3O/c1-6(2)11-4-8(11)7(3)9(5-11)13-14-10(12)15/h6-8H,4-5H2,1-3H3,(H3,12,14,15)/b13-9-. The first-order valence-corrected chi connectivity index (χ1v) is 5.59. The molecule has 2 fully saturated rings. The average Bonchev–Trinajstić information content (AvgIpc) is 2.81. The van der Waals surface area contributed by atoms with Gasteiger partial charge in [0.05, 0.1) is 0 Å². The number of hydrogen-bond donors (Lipinski definition) is 2. The van der Waals surface area contributed by atoms with Crippen LogP contribution < -0.4 is 11.2 Å². The Morgan fingerprint density at radius 2 is 2.33 bits per heavy atom. The Morgan fingerprint density at radius 1 is 1.67 bits per heavy atom. The number of fused-ring (bicyclic) bond motifs is 1. The molecule has 3 unspecified atom stereocenters. The molecule has 2 aliphatic rings. The van der Waals surface area contributed by atoms with Gasteiger partial charge in [-0.3, -0.25) is 0 Å². The third-order valence-electron chi connectivity index (χ3n) is 4.28. The molecule has 4 heteroatoms. The van der Waals surface area contributed by atoms with Crippen molar-refractivity contribution in [2.45, 2.75) is 33.6 Å². The van der Waals surface area contributed by atoms with E-state index in [-0.39, 0.29) is 0 Å². The number of carbonyl (C=O) groups excluding carboxylic acids is 1. The van der Waals surface area contributed by atoms with E-state index in [1.807, 2.05) is 0 Å². The summed E-state index contributed by atoms with van der Waals surface area (Å²) in [4.78, 5) is 10.6. The van der Waals surface area contributed by atoms with Gasteiger partial charge in [0.15, 0.2) is 0 Å². The number of amides is 2. The maximum Gasteiger partial charge on any atom is 0.332 e. The number of nitrogens with one attached hydrogen (secondary N) is 1. The number of hydrazone groups is 1. The SMILES string of the molecule is CC1/C(=N\NC(N)=O)CC2(C(C)C)CC12. The summed E-state index contributed by atoms with van der Waals surface area (Å²) in [5.41, 5.74) is 8.92. The largest absolute Gasteiger partial charge is 0.350 e. The predicted octanol–water partition coefficient (Wildman–Crippen LogP) is 1.71. The summed E-state index contributed by atoms with van der Waals surface area (Å²) in [6, 6.07) is -0.575. The van der Waals surface area contributed by atoms with Gasteiger partial charge in [-0.25, -0.2) is 10.2 Å². The number of carbonyl (C=O) groups is 1. The minimum atomic E-state index is -0.575. The van der Waals surface area contributed by atoms with E-state index < -0.39 is 6.03 Å². The van der Waals surface area contributed by atoms with E-state index in [2.05, 4.69) is 31.3 Å². The molecular weight excluding hydrogens is 190 g/mol. The highest BCUT2D eigenvalue weighted by molar-refractivity contribution is 5.92. The molecule has 0 radical (unpaired) electrons. The van der Waals surface area contributed by atoms with Gasteiger partial charge in [-0.1, -0.05) is 20.8 Å². The zero-order valence-corrected chi connectivity index (χ0v) is 9.58. The summed E-state index contributed by atoms with van der Waals surface area (Å²) < 4.78 is 0. The van der Waals surface area contributed by atoms with Crippen LogP contribution in [-0.4, -0.2) is 11.7 Å². The van der Waals surface area contributed by atoms with E-state index in [4.69, 9.17) is 5.73 Å². The number of hydrogen-bond acceptors (Lipinski definition) is 2. The van der Waals surface area contributed by atoms with Gasteiger partial charge in [-0.2, -0.15) is 5.10 Å². The molecule has 2 aliphatic carbocycles. The van der Waals surface area contributed by atoms with Crippen LogP contribution >= 0.6 is 0 Å². The van der Waals surface area contributed by atoms with E-state index >= 15 is 0 Å². The fraction of sp³-hybridized carbons (Fsp3) is 0.818. The van der Waals surface area contributed by atoms with E-state index in [9.17, 15) is 4.79 Å². The van der Waals surface area contributed by atoms with E-state index in [0.29, 0.717) is 17.3 Å². The van der Waals surface area contributed by atoms with Crippen LogP contribution in [0.1, 0.15) is 33.6 Å². The van der Waals surface area contributed by atoms with Crippen LogP contribution in [0.4, 0.5) is 4.79 Å². The van der Waals surface area contributed by atoms with E-state index in [1.54, 1.807) is 0 Å². The molecule has 2 rings (SSSR count). The number of nitrogens with two attached hydrogens (primary N) is 1. The summed E-state index contributed by atoms with van der Waals surface area (Å²) >= 11 is 0. The summed E-state index contributed by atoms with van der Waals surface area (Å²) in [6.45, 7) is 6.75. The van der Waals surface area contributed by atoms with Crippen molar-refractivity contribution in [2.24, 2.45) is 34.0 Å². The van der Waals surface area contributed by atoms with Crippen LogP contribution in [0.15, 0.2) is 5.10 Å². The Kier molecular flexibility index (Phi) is 2.24. The Morgan fingerprint density at radius 3 is 2.80 bits per heavy atom. The van der Waals surface area contributed by atoms with E-state index in [1.165, 1.54) is 6.42 Å². The lowest BCUT2D eigenvalue weighted by atomic mass is 9.90. The lowest BCUT2D eigenvalue weighted by Gasteiger charge is -2.15. The zero-order chi connectivity index (χ0) is 11.2. The monoisotopic (exact) mass is 209 g/mol. The quantitative estimate of drug-likeness (QED) is 0.668. The van der Waals surface area contributed by atoms with Crippen molar-refractivity contribution in [2.75, 3.05) is 0 Å². The summed E-state index contributed by atoms with van der Waals surface area (Å²) in [7, 11) is 0. The molecule has 0 spiro atoms. The van der Waals surface area contributed by atoms with Crippen molar-refractivity contribution >= 4 is 11.7 Å². The van der Waals surface area contributed by atoms with Crippen LogP contribution in [0, 0.1) is 23.2 Å². The fourth-order valence-electron chi connectivity index (χ4n) is 3.10. The van der Waals surface area contributed by atoms with Crippen molar-refractivity contribution in [1.29, 1.82) is 0 Å². The van der Waals surface area contributed by atoms with Gasteiger partial charge < -0.3 is 5.73 Å². The molecule has 15 heavy (non-hydrogen) atoms. The van der Waals surface area contributed by atoms with Crippen molar-refractivity contribution in [3.05, 3.63) is 0 Å². The van der Waals surface area contributed by atoms with Gasteiger partial charge in [0.1, 0.15) is 0 Å². The number of rotatable bonds is 2. The highest BCUT2D eigenvalue weighted by Crippen LogP contribution is 2.68. The lowest BCUT2D eigenvalue weighted by molar-refractivity contribution is 0.249. The van der Waals surface area contributed by atoms with Gasteiger partial charge in [-0.15, -0.1) is 0 Å². The van der Waals surface area contributed by atoms with Crippen molar-refractivity contribution < 1.29 is 4.79 Å². The summed E-state index contributed by atoms with van der Waals surface area (Å²) in [5, 5.41) is 4.10. The lowest BCUT2D eigenvalue weighted by Crippen LogP contribution is -2.27. The Balaban J connectivity index is 2.07. The smallest absolute Gasteiger partial charge is 0.332 e. The molecular formula is C11H19N3O. The molecule has 4 nitrogen and oxygen atoms in total. The number of primary amides is 1. The van der Waals surface area contributed by atoms with Gasteiger partial charge >= 0.3 is 6.03 Å². The van der Waals surface area contributed by atoms with Gasteiger partial charge in [0.25, 0.3) is 0 Å².